The van der Waals surface area contributed by atoms with E-state index in [1.54, 1.807) is 16.7 Å². The molecule has 1 aliphatic carbocycles. The molecule has 0 spiro atoms. The van der Waals surface area contributed by atoms with E-state index in [0.717, 1.165) is 24.2 Å². The van der Waals surface area contributed by atoms with Gasteiger partial charge in [-0.2, -0.15) is 4.57 Å². The van der Waals surface area contributed by atoms with E-state index in [2.05, 4.69) is 47.5 Å². The molecular formula is C22H34N3O3SSi2+. The van der Waals surface area contributed by atoms with Crippen LogP contribution in [0.25, 0.3) is 0 Å². The zero-order valence-electron chi connectivity index (χ0n) is 19.4. The fourth-order valence-corrected chi connectivity index (χ4v) is 7.87. The quantitative estimate of drug-likeness (QED) is 0.389. The van der Waals surface area contributed by atoms with E-state index in [1.807, 2.05) is 19.6 Å². The topological polar surface area (TPSA) is 62.5 Å². The predicted octanol–water partition coefficient (Wildman–Crippen LogP) is 2.80. The summed E-state index contributed by atoms with van der Waals surface area (Å²) in [6, 6.07) is 4.08. The maximum Gasteiger partial charge on any atom is 0.341 e. The van der Waals surface area contributed by atoms with Gasteiger partial charge in [0.15, 0.2) is 18.4 Å². The molecule has 4 rings (SSSR count). The summed E-state index contributed by atoms with van der Waals surface area (Å²) in [5, 5.41) is -0.0290. The number of nitrogens with zero attached hydrogens (tertiary/aromatic N) is 2. The number of carbonyl (C=O) groups excluding carboxylic acids is 2. The van der Waals surface area contributed by atoms with Gasteiger partial charge in [-0.1, -0.05) is 19.6 Å². The number of pyridine rings is 1. The highest BCUT2D eigenvalue weighted by Gasteiger charge is 2.55. The van der Waals surface area contributed by atoms with Gasteiger partial charge >= 0.3 is 5.97 Å². The summed E-state index contributed by atoms with van der Waals surface area (Å²) in [5.41, 5.74) is 4.24. The molecule has 1 N–H and O–H groups in total. The highest BCUT2D eigenvalue weighted by Crippen LogP contribution is 2.41. The summed E-state index contributed by atoms with van der Waals surface area (Å²) in [6.07, 6.45) is 5.46. The molecule has 0 radical (unpaired) electrons. The van der Waals surface area contributed by atoms with Gasteiger partial charge in [0.25, 0.3) is 0 Å². The van der Waals surface area contributed by atoms with Gasteiger partial charge in [-0.15, -0.1) is 11.8 Å². The molecule has 1 aromatic rings. The summed E-state index contributed by atoms with van der Waals surface area (Å²) in [5.74, 6) is 0.417. The minimum absolute atomic E-state index is 0.00272. The van der Waals surface area contributed by atoms with Crippen molar-refractivity contribution in [2.24, 2.45) is 0 Å². The fraction of sp³-hybridized carbons (Fsp3) is 0.591. The summed E-state index contributed by atoms with van der Waals surface area (Å²) in [6.45, 7) is 13.3. The van der Waals surface area contributed by atoms with Gasteiger partial charge in [0.05, 0.1) is 0 Å². The van der Waals surface area contributed by atoms with Gasteiger partial charge < -0.3 is 9.41 Å². The summed E-state index contributed by atoms with van der Waals surface area (Å²) in [7, 11) is -3.72. The Morgan fingerprint density at radius 2 is 2.00 bits per heavy atom. The Morgan fingerprint density at radius 3 is 2.68 bits per heavy atom. The third kappa shape index (κ3) is 4.69. The molecule has 0 aromatic carbocycles. The van der Waals surface area contributed by atoms with Crippen molar-refractivity contribution in [3.05, 3.63) is 40.9 Å². The van der Waals surface area contributed by atoms with E-state index in [-0.39, 0.29) is 23.3 Å². The van der Waals surface area contributed by atoms with Gasteiger partial charge in [0.1, 0.15) is 25.3 Å². The van der Waals surface area contributed by atoms with Crippen LogP contribution in [0.15, 0.2) is 29.6 Å². The Hall–Kier alpha value is -1.43. The number of fused-ring (bicyclic) bond motifs is 2. The first-order valence-electron chi connectivity index (χ1n) is 11.1. The molecule has 1 aromatic heterocycles. The lowest BCUT2D eigenvalue weighted by atomic mass is 10.0. The maximum absolute atomic E-state index is 13.3. The number of nitrogens with one attached hydrogen (secondary N) is 1. The molecule has 6 nitrogen and oxygen atoms in total. The lowest BCUT2D eigenvalue weighted by molar-refractivity contribution is -0.696. The van der Waals surface area contributed by atoms with Crippen LogP contribution in [0.4, 0.5) is 0 Å². The molecule has 3 aliphatic rings. The van der Waals surface area contributed by atoms with Crippen LogP contribution >= 0.6 is 11.8 Å². The number of hydrogen-bond acceptors (Lipinski definition) is 5. The molecule has 2 atom stereocenters. The number of aromatic nitrogens is 1. The largest absolute Gasteiger partial charge is 0.515 e. The van der Waals surface area contributed by atoms with E-state index in [0.29, 0.717) is 12.2 Å². The molecule has 2 aliphatic heterocycles. The van der Waals surface area contributed by atoms with Gasteiger partial charge in [-0.25, -0.2) is 4.79 Å². The summed E-state index contributed by atoms with van der Waals surface area (Å²) >= 11 is 1.76. The van der Waals surface area contributed by atoms with Crippen molar-refractivity contribution in [3.8, 4) is 0 Å². The smallest absolute Gasteiger partial charge is 0.341 e. The van der Waals surface area contributed by atoms with Crippen LogP contribution in [-0.2, 0) is 33.4 Å². The molecule has 31 heavy (non-hydrogen) atoms. The van der Waals surface area contributed by atoms with Crippen LogP contribution < -0.4 is 9.55 Å². The average molecular weight is 477 g/mol. The van der Waals surface area contributed by atoms with Crippen LogP contribution in [0, 0.1) is 0 Å². The lowest BCUT2D eigenvalue weighted by Gasteiger charge is -2.51. The van der Waals surface area contributed by atoms with E-state index in [9.17, 15) is 9.59 Å². The molecule has 168 valence electrons. The average Bonchev–Trinajstić information content (AvgIpc) is 3.13. The number of amides is 1. The second-order valence-electron chi connectivity index (χ2n) is 10.7. The summed E-state index contributed by atoms with van der Waals surface area (Å²) in [4.78, 5) is 31.8. The minimum Gasteiger partial charge on any atom is -0.515 e. The number of thioether (sulfide) groups is 1. The van der Waals surface area contributed by atoms with Gasteiger partial charge in [0.2, 0.25) is 14.2 Å². The van der Waals surface area contributed by atoms with Gasteiger partial charge in [0, 0.05) is 29.4 Å². The Bertz CT molecular complexity index is 952. The molecule has 0 saturated carbocycles. The van der Waals surface area contributed by atoms with Crippen molar-refractivity contribution < 1.29 is 18.6 Å². The number of carbonyl (C=O) groups is 2. The first-order valence-corrected chi connectivity index (χ1v) is 19.1. The molecule has 3 heterocycles. The van der Waals surface area contributed by atoms with Gasteiger partial charge in [-0.3, -0.25) is 9.69 Å². The van der Waals surface area contributed by atoms with E-state index in [1.165, 1.54) is 17.7 Å². The molecule has 9 heteroatoms. The summed E-state index contributed by atoms with van der Waals surface area (Å²) < 4.78 is 8.16. The maximum atomic E-state index is 13.3. The van der Waals surface area contributed by atoms with Crippen molar-refractivity contribution in [1.29, 1.82) is 0 Å². The number of aryl methyl sites for hydroxylation is 1. The fourth-order valence-electron chi connectivity index (χ4n) is 4.55. The van der Waals surface area contributed by atoms with Crippen LogP contribution in [0.5, 0.6) is 0 Å². The molecule has 0 unspecified atom stereocenters. The molecule has 0 bridgehead atoms. The van der Waals surface area contributed by atoms with Gasteiger partial charge in [-0.05, 0) is 38.5 Å². The van der Waals surface area contributed by atoms with Crippen molar-refractivity contribution in [2.45, 2.75) is 76.5 Å². The second-order valence-corrected chi connectivity index (χ2v) is 21.0. The molecule has 1 fully saturated rings. The zero-order chi connectivity index (χ0) is 22.6. The van der Waals surface area contributed by atoms with E-state index >= 15 is 0 Å². The molecule has 1 saturated heterocycles. The van der Waals surface area contributed by atoms with Crippen LogP contribution in [-0.4, -0.2) is 50.5 Å². The predicted molar refractivity (Wildman–Crippen MR) is 128 cm³/mol. The lowest BCUT2D eigenvalue weighted by Crippen LogP contribution is -2.73. The highest BCUT2D eigenvalue weighted by molar-refractivity contribution is 8.00. The van der Waals surface area contributed by atoms with Crippen molar-refractivity contribution in [1.82, 2.24) is 9.88 Å². The van der Waals surface area contributed by atoms with Crippen LogP contribution in [0.1, 0.15) is 17.7 Å². The van der Waals surface area contributed by atoms with Crippen molar-refractivity contribution in [3.63, 3.8) is 0 Å². The number of rotatable bonds is 6. The number of hydrogen-bond donors (Lipinski definition) is 1. The normalized spacial score (nSPS) is 23.4. The zero-order valence-corrected chi connectivity index (χ0v) is 22.3. The van der Waals surface area contributed by atoms with Crippen molar-refractivity contribution >= 4 is 40.2 Å². The monoisotopic (exact) mass is 476 g/mol. The Morgan fingerprint density at radius 1 is 1.26 bits per heavy atom. The van der Waals surface area contributed by atoms with Crippen molar-refractivity contribution in [2.75, 3.05) is 5.75 Å². The highest BCUT2D eigenvalue weighted by atomic mass is 32.2. The Labute approximate surface area is 191 Å². The standard InChI is InChI=1S/C22H34N3O3SSi2/c1-30(2,3)23-18-20(26)25-19(22(27)28-31(4,5)6)16(14-29-21(18)25)13-24-12-8-10-15-9-7-11-17(15)24/h8,10,12,18,21,23H,7,9,11,13-14H2,1-6H3/q+1/t18-,21-/m1/s1. The number of β-lactam (4-membered cyclic amide) rings is 1. The SMILES string of the molecule is C[Si](C)(C)N[C@@H]1C(=O)N2C(C(=O)O[Si](C)(C)C)=C(C[n+]3cccc4c3CCC4)CS[C@H]12. The third-order valence-corrected chi connectivity index (χ3v) is 9.04. The first kappa shape index (κ1) is 22.8. The van der Waals surface area contributed by atoms with Crippen LogP contribution in [0.3, 0.4) is 0 Å². The Balaban J connectivity index is 1.68. The molecule has 1 amide bonds. The first-order chi connectivity index (χ1) is 14.4. The second kappa shape index (κ2) is 8.17. The molecular weight excluding hydrogens is 442 g/mol. The van der Waals surface area contributed by atoms with E-state index < -0.39 is 16.6 Å². The van der Waals surface area contributed by atoms with Crippen LogP contribution in [0.2, 0.25) is 39.3 Å². The van der Waals surface area contributed by atoms with E-state index in [4.69, 9.17) is 4.43 Å². The Kier molecular flexibility index (Phi) is 6.00. The third-order valence-electron chi connectivity index (χ3n) is 5.73. The minimum atomic E-state index is -2.09.